The highest BCUT2D eigenvalue weighted by atomic mass is 32.1. The highest BCUT2D eigenvalue weighted by Gasteiger charge is 2.23. The molecule has 2 aromatic rings. The van der Waals surface area contributed by atoms with Crippen LogP contribution in [0.2, 0.25) is 0 Å². The van der Waals surface area contributed by atoms with Crippen LogP contribution in [-0.2, 0) is 6.54 Å². The molecule has 3 N–H and O–H groups in total. The Kier molecular flexibility index (Phi) is 2.70. The van der Waals surface area contributed by atoms with Crippen molar-refractivity contribution in [3.05, 3.63) is 45.9 Å². The molecule has 1 aliphatic rings. The van der Waals surface area contributed by atoms with E-state index >= 15 is 0 Å². The Morgan fingerprint density at radius 1 is 1.29 bits per heavy atom. The molecular formula is C13H13FN2S. The minimum Gasteiger partial charge on any atom is -0.323 e. The van der Waals surface area contributed by atoms with Crippen LogP contribution in [0.3, 0.4) is 0 Å². The standard InChI is InChI=1S/C13H13FN2S/c14-10-4-2-1-3-8(10)9-7-17-12-6-16-5-11(15)13(9)12/h1-4,7,11,16H,5-6,15H2. The summed E-state index contributed by atoms with van der Waals surface area (Å²) in [5.74, 6) is -0.182. The van der Waals surface area contributed by atoms with Crippen molar-refractivity contribution in [2.75, 3.05) is 6.54 Å². The summed E-state index contributed by atoms with van der Waals surface area (Å²) >= 11 is 1.65. The minimum atomic E-state index is -0.182. The van der Waals surface area contributed by atoms with Gasteiger partial charge in [-0.1, -0.05) is 18.2 Å². The first-order valence-electron chi connectivity index (χ1n) is 5.59. The quantitative estimate of drug-likeness (QED) is 0.814. The van der Waals surface area contributed by atoms with Gasteiger partial charge in [-0.15, -0.1) is 11.3 Å². The lowest BCUT2D eigenvalue weighted by Crippen LogP contribution is -2.32. The van der Waals surface area contributed by atoms with Crippen LogP contribution in [0.15, 0.2) is 29.6 Å². The first-order valence-corrected chi connectivity index (χ1v) is 6.47. The Labute approximate surface area is 103 Å². The third kappa shape index (κ3) is 1.78. The van der Waals surface area contributed by atoms with Gasteiger partial charge in [0.2, 0.25) is 0 Å². The number of nitrogens with one attached hydrogen (secondary N) is 1. The highest BCUT2D eigenvalue weighted by molar-refractivity contribution is 7.10. The Morgan fingerprint density at radius 2 is 2.12 bits per heavy atom. The van der Waals surface area contributed by atoms with E-state index in [0.717, 1.165) is 24.2 Å². The van der Waals surface area contributed by atoms with Crippen LogP contribution < -0.4 is 11.1 Å². The molecule has 17 heavy (non-hydrogen) atoms. The maximum atomic E-state index is 13.8. The monoisotopic (exact) mass is 248 g/mol. The summed E-state index contributed by atoms with van der Waals surface area (Å²) in [6.07, 6.45) is 0. The summed E-state index contributed by atoms with van der Waals surface area (Å²) in [7, 11) is 0. The van der Waals surface area contributed by atoms with Crippen molar-refractivity contribution < 1.29 is 4.39 Å². The SMILES string of the molecule is NC1CNCc2scc(-c3ccccc3F)c21. The van der Waals surface area contributed by atoms with Crippen molar-refractivity contribution in [3.8, 4) is 11.1 Å². The molecule has 0 fully saturated rings. The van der Waals surface area contributed by atoms with Gasteiger partial charge in [-0.25, -0.2) is 4.39 Å². The van der Waals surface area contributed by atoms with Crippen LogP contribution in [0.25, 0.3) is 11.1 Å². The zero-order chi connectivity index (χ0) is 11.8. The molecular weight excluding hydrogens is 235 g/mol. The van der Waals surface area contributed by atoms with Crippen LogP contribution in [0, 0.1) is 5.82 Å². The largest absolute Gasteiger partial charge is 0.323 e. The number of hydrogen-bond acceptors (Lipinski definition) is 3. The van der Waals surface area contributed by atoms with Gasteiger partial charge in [-0.3, -0.25) is 0 Å². The third-order valence-electron chi connectivity index (χ3n) is 3.09. The molecule has 1 aromatic carbocycles. The molecule has 0 amide bonds. The molecule has 1 atom stereocenters. The minimum absolute atomic E-state index is 0.0420. The van der Waals surface area contributed by atoms with E-state index in [2.05, 4.69) is 5.32 Å². The number of benzene rings is 1. The van der Waals surface area contributed by atoms with Crippen molar-refractivity contribution in [2.45, 2.75) is 12.6 Å². The number of rotatable bonds is 1. The smallest absolute Gasteiger partial charge is 0.131 e. The molecule has 1 aromatic heterocycles. The molecule has 0 aliphatic carbocycles. The Bertz CT molecular complexity index is 550. The maximum Gasteiger partial charge on any atom is 0.131 e. The lowest BCUT2D eigenvalue weighted by atomic mass is 9.95. The van der Waals surface area contributed by atoms with Gasteiger partial charge >= 0.3 is 0 Å². The van der Waals surface area contributed by atoms with E-state index in [9.17, 15) is 4.39 Å². The fourth-order valence-corrected chi connectivity index (χ4v) is 3.37. The third-order valence-corrected chi connectivity index (χ3v) is 4.10. The normalized spacial score (nSPS) is 19.1. The first kappa shape index (κ1) is 10.9. The number of hydrogen-bond donors (Lipinski definition) is 2. The first-order chi connectivity index (χ1) is 8.27. The van der Waals surface area contributed by atoms with Crippen molar-refractivity contribution >= 4 is 11.3 Å². The van der Waals surface area contributed by atoms with E-state index in [4.69, 9.17) is 5.73 Å². The maximum absolute atomic E-state index is 13.8. The molecule has 3 rings (SSSR count). The lowest BCUT2D eigenvalue weighted by molar-refractivity contribution is 0.563. The second kappa shape index (κ2) is 4.22. The Balaban J connectivity index is 2.17. The molecule has 0 bridgehead atoms. The molecule has 1 aliphatic heterocycles. The molecule has 2 heterocycles. The molecule has 0 saturated heterocycles. The number of halogens is 1. The number of thiophene rings is 1. The molecule has 1 unspecified atom stereocenters. The molecule has 2 nitrogen and oxygen atoms in total. The van der Waals surface area contributed by atoms with Crippen LogP contribution in [0.5, 0.6) is 0 Å². The summed E-state index contributed by atoms with van der Waals surface area (Å²) in [5.41, 5.74) is 8.82. The summed E-state index contributed by atoms with van der Waals surface area (Å²) in [6, 6.07) is 6.83. The summed E-state index contributed by atoms with van der Waals surface area (Å²) in [5, 5.41) is 5.27. The van der Waals surface area contributed by atoms with E-state index < -0.39 is 0 Å². The van der Waals surface area contributed by atoms with E-state index in [1.165, 1.54) is 10.9 Å². The van der Waals surface area contributed by atoms with E-state index in [-0.39, 0.29) is 11.9 Å². The summed E-state index contributed by atoms with van der Waals surface area (Å²) in [6.45, 7) is 1.59. The Hall–Kier alpha value is -1.23. The number of nitrogens with two attached hydrogens (primary N) is 1. The van der Waals surface area contributed by atoms with Crippen LogP contribution >= 0.6 is 11.3 Å². The highest BCUT2D eigenvalue weighted by Crippen LogP contribution is 2.37. The molecule has 4 heteroatoms. The molecule has 0 saturated carbocycles. The van der Waals surface area contributed by atoms with Crippen molar-refractivity contribution in [1.82, 2.24) is 5.32 Å². The summed E-state index contributed by atoms with van der Waals surface area (Å²) in [4.78, 5) is 1.22. The van der Waals surface area contributed by atoms with E-state index in [1.807, 2.05) is 17.5 Å². The average Bonchev–Trinajstić information content (AvgIpc) is 2.75. The van der Waals surface area contributed by atoms with Gasteiger partial charge in [-0.2, -0.15) is 0 Å². The molecule has 88 valence electrons. The van der Waals surface area contributed by atoms with Gasteiger partial charge in [-0.05, 0) is 17.0 Å². The van der Waals surface area contributed by atoms with Crippen LogP contribution in [0.1, 0.15) is 16.5 Å². The van der Waals surface area contributed by atoms with Crippen molar-refractivity contribution in [1.29, 1.82) is 0 Å². The van der Waals surface area contributed by atoms with Gasteiger partial charge < -0.3 is 11.1 Å². The Morgan fingerprint density at radius 3 is 2.94 bits per heavy atom. The van der Waals surface area contributed by atoms with Crippen molar-refractivity contribution in [3.63, 3.8) is 0 Å². The zero-order valence-corrected chi connectivity index (χ0v) is 10.1. The number of fused-ring (bicyclic) bond motifs is 1. The van der Waals surface area contributed by atoms with Gasteiger partial charge in [0.25, 0.3) is 0 Å². The predicted octanol–water partition coefficient (Wildman–Crippen LogP) is 2.66. The fourth-order valence-electron chi connectivity index (χ4n) is 2.28. The predicted molar refractivity (Wildman–Crippen MR) is 68.3 cm³/mol. The molecule has 0 radical (unpaired) electrons. The fraction of sp³-hybridized carbons (Fsp3) is 0.231. The topological polar surface area (TPSA) is 38.0 Å². The zero-order valence-electron chi connectivity index (χ0n) is 9.24. The summed E-state index contributed by atoms with van der Waals surface area (Å²) < 4.78 is 13.8. The van der Waals surface area contributed by atoms with Gasteiger partial charge in [0, 0.05) is 35.1 Å². The van der Waals surface area contributed by atoms with E-state index in [0.29, 0.717) is 5.56 Å². The average molecular weight is 248 g/mol. The van der Waals surface area contributed by atoms with Crippen molar-refractivity contribution in [2.24, 2.45) is 5.73 Å². The van der Waals surface area contributed by atoms with Crippen LogP contribution in [-0.4, -0.2) is 6.54 Å². The second-order valence-corrected chi connectivity index (χ2v) is 5.17. The second-order valence-electron chi connectivity index (χ2n) is 4.20. The van der Waals surface area contributed by atoms with Gasteiger partial charge in [0.1, 0.15) is 5.82 Å². The lowest BCUT2D eigenvalue weighted by Gasteiger charge is -2.21. The van der Waals surface area contributed by atoms with Gasteiger partial charge in [0.05, 0.1) is 0 Å². The van der Waals surface area contributed by atoms with Gasteiger partial charge in [0.15, 0.2) is 0 Å². The molecule has 0 spiro atoms. The van der Waals surface area contributed by atoms with Crippen LogP contribution in [0.4, 0.5) is 4.39 Å². The van der Waals surface area contributed by atoms with E-state index in [1.54, 1.807) is 17.4 Å².